The van der Waals surface area contributed by atoms with E-state index in [2.05, 4.69) is 43.3 Å². The standard InChI is InChI=1S/C21H22O3/c1-2-16-24-20-14-12-19(13-15-20)18-10-8-17(9-11-18)6-4-3-5-7-21(22)23/h3-5,7-15H,2,6,16H2,1H3,(H,22,23)/b4-3+,7-5+. The second kappa shape index (κ2) is 9.36. The van der Waals surface area contributed by atoms with Crippen molar-refractivity contribution in [3.63, 3.8) is 0 Å². The molecule has 0 radical (unpaired) electrons. The van der Waals surface area contributed by atoms with E-state index in [1.54, 1.807) is 6.08 Å². The summed E-state index contributed by atoms with van der Waals surface area (Å²) in [6.07, 6.45) is 8.11. The molecule has 0 aliphatic heterocycles. The fraction of sp³-hybridized carbons (Fsp3) is 0.190. The number of carbonyl (C=O) groups is 1. The third kappa shape index (κ3) is 5.76. The van der Waals surface area contributed by atoms with Gasteiger partial charge in [0, 0.05) is 6.08 Å². The zero-order valence-corrected chi connectivity index (χ0v) is 13.8. The number of benzene rings is 2. The van der Waals surface area contributed by atoms with Gasteiger partial charge in [0.1, 0.15) is 5.75 Å². The predicted octanol–water partition coefficient (Wildman–Crippen LogP) is 4.88. The molecular formula is C21H22O3. The lowest BCUT2D eigenvalue weighted by Crippen LogP contribution is -1.94. The third-order valence-electron chi connectivity index (χ3n) is 3.45. The van der Waals surface area contributed by atoms with Crippen LogP contribution in [0.4, 0.5) is 0 Å². The minimum absolute atomic E-state index is 0.739. The van der Waals surface area contributed by atoms with Gasteiger partial charge in [-0.2, -0.15) is 0 Å². The summed E-state index contributed by atoms with van der Waals surface area (Å²) in [5, 5.41) is 8.50. The van der Waals surface area contributed by atoms with Crippen LogP contribution in [0, 0.1) is 0 Å². The molecule has 2 aromatic rings. The van der Waals surface area contributed by atoms with E-state index in [9.17, 15) is 4.79 Å². The van der Waals surface area contributed by atoms with Crippen LogP contribution in [0.2, 0.25) is 0 Å². The van der Waals surface area contributed by atoms with Crippen LogP contribution in [0.3, 0.4) is 0 Å². The molecule has 24 heavy (non-hydrogen) atoms. The summed E-state index contributed by atoms with van der Waals surface area (Å²) < 4.78 is 5.59. The molecule has 0 heterocycles. The Labute approximate surface area is 142 Å². The first-order chi connectivity index (χ1) is 11.7. The average Bonchev–Trinajstić information content (AvgIpc) is 2.60. The van der Waals surface area contributed by atoms with E-state index >= 15 is 0 Å². The second-order valence-corrected chi connectivity index (χ2v) is 5.40. The van der Waals surface area contributed by atoms with Gasteiger partial charge in [-0.25, -0.2) is 4.79 Å². The van der Waals surface area contributed by atoms with E-state index in [0.717, 1.165) is 42.4 Å². The number of hydrogen-bond acceptors (Lipinski definition) is 2. The van der Waals surface area contributed by atoms with Crippen LogP contribution < -0.4 is 4.74 Å². The molecule has 0 saturated carbocycles. The Balaban J connectivity index is 1.95. The van der Waals surface area contributed by atoms with Crippen LogP contribution in [0.15, 0.2) is 72.8 Å². The molecule has 124 valence electrons. The van der Waals surface area contributed by atoms with Gasteiger partial charge in [0.2, 0.25) is 0 Å². The van der Waals surface area contributed by atoms with Crippen molar-refractivity contribution in [1.29, 1.82) is 0 Å². The lowest BCUT2D eigenvalue weighted by Gasteiger charge is -2.07. The molecule has 3 nitrogen and oxygen atoms in total. The molecule has 0 amide bonds. The smallest absolute Gasteiger partial charge is 0.328 e. The first-order valence-corrected chi connectivity index (χ1v) is 8.07. The Morgan fingerprint density at radius 3 is 2.21 bits per heavy atom. The molecule has 0 unspecified atom stereocenters. The first-order valence-electron chi connectivity index (χ1n) is 8.07. The highest BCUT2D eigenvalue weighted by atomic mass is 16.5. The van der Waals surface area contributed by atoms with E-state index in [1.807, 2.05) is 18.2 Å². The molecule has 0 spiro atoms. The molecule has 0 saturated heterocycles. The Kier molecular flexibility index (Phi) is 6.84. The van der Waals surface area contributed by atoms with Crippen LogP contribution in [0.1, 0.15) is 18.9 Å². The molecule has 2 aromatic carbocycles. The number of carboxylic acids is 1. The average molecular weight is 322 g/mol. The van der Waals surface area contributed by atoms with Crippen molar-refractivity contribution in [2.75, 3.05) is 6.61 Å². The number of allylic oxidation sites excluding steroid dienone is 3. The van der Waals surface area contributed by atoms with Crippen molar-refractivity contribution < 1.29 is 14.6 Å². The quantitative estimate of drug-likeness (QED) is 0.556. The highest BCUT2D eigenvalue weighted by Crippen LogP contribution is 2.23. The van der Waals surface area contributed by atoms with Crippen LogP contribution in [0.5, 0.6) is 5.75 Å². The van der Waals surface area contributed by atoms with Crippen molar-refractivity contribution in [2.45, 2.75) is 19.8 Å². The van der Waals surface area contributed by atoms with Gasteiger partial charge in [-0.3, -0.25) is 0 Å². The molecule has 2 rings (SSSR count). The predicted molar refractivity (Wildman–Crippen MR) is 97.3 cm³/mol. The Hall–Kier alpha value is -2.81. The molecule has 0 aliphatic carbocycles. The molecule has 3 heteroatoms. The first kappa shape index (κ1) is 17.5. The molecule has 0 aromatic heterocycles. The van der Waals surface area contributed by atoms with Crippen LogP contribution in [-0.2, 0) is 11.2 Å². The lowest BCUT2D eigenvalue weighted by atomic mass is 10.0. The van der Waals surface area contributed by atoms with Gasteiger partial charge < -0.3 is 9.84 Å². The fourth-order valence-corrected chi connectivity index (χ4v) is 2.22. The number of hydrogen-bond donors (Lipinski definition) is 1. The summed E-state index contributed by atoms with van der Waals surface area (Å²) in [7, 11) is 0. The zero-order valence-electron chi connectivity index (χ0n) is 13.8. The highest BCUT2D eigenvalue weighted by molar-refractivity contribution is 5.80. The van der Waals surface area contributed by atoms with Crippen LogP contribution >= 0.6 is 0 Å². The molecular weight excluding hydrogens is 300 g/mol. The molecule has 1 N–H and O–H groups in total. The molecule has 0 atom stereocenters. The van der Waals surface area contributed by atoms with E-state index in [1.165, 1.54) is 11.6 Å². The third-order valence-corrected chi connectivity index (χ3v) is 3.45. The van der Waals surface area contributed by atoms with Gasteiger partial charge in [0.05, 0.1) is 6.61 Å². The van der Waals surface area contributed by atoms with Gasteiger partial charge >= 0.3 is 5.97 Å². The summed E-state index contributed by atoms with van der Waals surface area (Å²) in [4.78, 5) is 10.3. The van der Waals surface area contributed by atoms with E-state index < -0.39 is 5.97 Å². The maximum Gasteiger partial charge on any atom is 0.328 e. The minimum atomic E-state index is -0.935. The summed E-state index contributed by atoms with van der Waals surface area (Å²) in [5.41, 5.74) is 3.50. The topological polar surface area (TPSA) is 46.5 Å². The lowest BCUT2D eigenvalue weighted by molar-refractivity contribution is -0.131. The second-order valence-electron chi connectivity index (χ2n) is 5.40. The molecule has 0 aliphatic rings. The van der Waals surface area contributed by atoms with Gasteiger partial charge in [0.15, 0.2) is 0 Å². The maximum absolute atomic E-state index is 10.3. The van der Waals surface area contributed by atoms with Gasteiger partial charge in [-0.1, -0.05) is 61.5 Å². The van der Waals surface area contributed by atoms with Crippen LogP contribution in [0.25, 0.3) is 11.1 Å². The number of aliphatic carboxylic acids is 1. The summed E-state index contributed by atoms with van der Waals surface area (Å²) >= 11 is 0. The normalized spacial score (nSPS) is 11.2. The number of ether oxygens (including phenoxy) is 1. The number of rotatable bonds is 8. The zero-order chi connectivity index (χ0) is 17.2. The van der Waals surface area contributed by atoms with E-state index in [4.69, 9.17) is 9.84 Å². The Bertz CT molecular complexity index is 695. The fourth-order valence-electron chi connectivity index (χ4n) is 2.22. The summed E-state index contributed by atoms with van der Waals surface area (Å²) in [5.74, 6) is -0.0353. The van der Waals surface area contributed by atoms with Crippen molar-refractivity contribution in [2.24, 2.45) is 0 Å². The largest absolute Gasteiger partial charge is 0.494 e. The van der Waals surface area contributed by atoms with Gasteiger partial charge in [-0.15, -0.1) is 0 Å². The van der Waals surface area contributed by atoms with Crippen LogP contribution in [-0.4, -0.2) is 17.7 Å². The monoisotopic (exact) mass is 322 g/mol. The molecule has 0 fully saturated rings. The number of carboxylic acid groups (broad SMARTS) is 1. The summed E-state index contributed by atoms with van der Waals surface area (Å²) in [6.45, 7) is 2.83. The van der Waals surface area contributed by atoms with Crippen molar-refractivity contribution >= 4 is 5.97 Å². The summed E-state index contributed by atoms with van der Waals surface area (Å²) in [6, 6.07) is 16.5. The van der Waals surface area contributed by atoms with Crippen molar-refractivity contribution in [1.82, 2.24) is 0 Å². The Morgan fingerprint density at radius 2 is 1.62 bits per heavy atom. The SMILES string of the molecule is CCCOc1ccc(-c2ccc(C/C=C/C=C/C(=O)O)cc2)cc1. The Morgan fingerprint density at radius 1 is 1.00 bits per heavy atom. The van der Waals surface area contributed by atoms with E-state index in [-0.39, 0.29) is 0 Å². The van der Waals surface area contributed by atoms with Crippen molar-refractivity contribution in [3.8, 4) is 16.9 Å². The minimum Gasteiger partial charge on any atom is -0.494 e. The van der Waals surface area contributed by atoms with Gasteiger partial charge in [-0.05, 0) is 41.7 Å². The van der Waals surface area contributed by atoms with Gasteiger partial charge in [0.25, 0.3) is 0 Å². The van der Waals surface area contributed by atoms with Crippen molar-refractivity contribution in [3.05, 3.63) is 78.4 Å². The maximum atomic E-state index is 10.3. The molecule has 0 bridgehead atoms. The highest BCUT2D eigenvalue weighted by Gasteiger charge is 1.99. The van der Waals surface area contributed by atoms with E-state index in [0.29, 0.717) is 0 Å².